The number of nitrogens with zero attached hydrogens (tertiary/aromatic N) is 2. The largest absolute Gasteiger partial charge is 0.351 e. The van der Waals surface area contributed by atoms with Gasteiger partial charge in [-0.05, 0) is 43.0 Å². The smallest absolute Gasteiger partial charge is 0.252 e. The molecule has 0 aromatic carbocycles. The maximum atomic E-state index is 12.9. The van der Waals surface area contributed by atoms with Crippen LogP contribution < -0.4 is 5.32 Å². The third-order valence-electron chi connectivity index (χ3n) is 6.34. The fourth-order valence-corrected chi connectivity index (χ4v) is 5.10. The van der Waals surface area contributed by atoms with Gasteiger partial charge < -0.3 is 10.2 Å². The van der Waals surface area contributed by atoms with Gasteiger partial charge in [-0.25, -0.2) is 0 Å². The van der Waals surface area contributed by atoms with Crippen LogP contribution in [0.3, 0.4) is 0 Å². The second-order valence-electron chi connectivity index (χ2n) is 8.29. The highest BCUT2D eigenvalue weighted by atomic mass is 32.1. The third kappa shape index (κ3) is 6.05. The van der Waals surface area contributed by atoms with Crippen molar-refractivity contribution in [2.45, 2.75) is 51.9 Å². The van der Waals surface area contributed by atoms with E-state index in [2.05, 4.69) is 22.0 Å². The number of rotatable bonds is 8. The lowest BCUT2D eigenvalue weighted by Gasteiger charge is -2.38. The summed E-state index contributed by atoms with van der Waals surface area (Å²) >= 11 is 1.54. The molecule has 1 aliphatic carbocycles. The Morgan fingerprint density at radius 3 is 2.54 bits per heavy atom. The van der Waals surface area contributed by atoms with Gasteiger partial charge in [0.2, 0.25) is 5.91 Å². The van der Waals surface area contributed by atoms with Gasteiger partial charge in [0.25, 0.3) is 5.91 Å². The van der Waals surface area contributed by atoms with Crippen LogP contribution in [0, 0.1) is 11.8 Å². The maximum absolute atomic E-state index is 12.9. The summed E-state index contributed by atoms with van der Waals surface area (Å²) in [6, 6.07) is 1.85. The van der Waals surface area contributed by atoms with E-state index < -0.39 is 0 Å². The molecule has 0 spiro atoms. The van der Waals surface area contributed by atoms with E-state index in [9.17, 15) is 9.59 Å². The lowest BCUT2D eigenvalue weighted by molar-refractivity contribution is -0.138. The molecule has 2 heterocycles. The first-order valence-electron chi connectivity index (χ1n) is 11.0. The number of hydrogen-bond donors (Lipinski definition) is 1. The van der Waals surface area contributed by atoms with E-state index in [4.69, 9.17) is 0 Å². The van der Waals surface area contributed by atoms with E-state index in [0.29, 0.717) is 12.5 Å². The fourth-order valence-electron chi connectivity index (χ4n) is 4.46. The van der Waals surface area contributed by atoms with Gasteiger partial charge in [-0.3, -0.25) is 14.5 Å². The number of thiophene rings is 1. The van der Waals surface area contributed by atoms with E-state index in [1.54, 1.807) is 0 Å². The molecule has 1 aromatic heterocycles. The second-order valence-corrected chi connectivity index (χ2v) is 9.07. The van der Waals surface area contributed by atoms with Crippen molar-refractivity contribution in [2.24, 2.45) is 11.8 Å². The number of nitrogens with one attached hydrogen (secondary N) is 1. The lowest BCUT2D eigenvalue weighted by Crippen LogP contribution is -2.51. The Balaban J connectivity index is 1.31. The standard InChI is InChI=1S/C22H35N3O2S/c1-2-3-4-18-5-7-19(8-6-18)22(27)25-14-12-24(13-15-25)11-10-23-21(26)20-9-16-28-17-20/h9,16-19H,2-8,10-15H2,1H3,(H,23,26). The van der Waals surface area contributed by atoms with Crippen LogP contribution >= 0.6 is 11.3 Å². The van der Waals surface area contributed by atoms with Crippen LogP contribution in [-0.4, -0.2) is 60.9 Å². The molecule has 28 heavy (non-hydrogen) atoms. The van der Waals surface area contributed by atoms with Crippen LogP contribution in [0.1, 0.15) is 62.2 Å². The average Bonchev–Trinajstić information content (AvgIpc) is 3.28. The predicted molar refractivity (Wildman–Crippen MR) is 115 cm³/mol. The Morgan fingerprint density at radius 1 is 1.14 bits per heavy atom. The predicted octanol–water partition coefficient (Wildman–Crippen LogP) is 3.62. The molecule has 5 nitrogen and oxygen atoms in total. The molecule has 2 amide bonds. The van der Waals surface area contributed by atoms with E-state index in [0.717, 1.165) is 57.0 Å². The number of hydrogen-bond acceptors (Lipinski definition) is 4. The van der Waals surface area contributed by atoms with Gasteiger partial charge in [0.1, 0.15) is 0 Å². The van der Waals surface area contributed by atoms with Gasteiger partial charge in [0.05, 0.1) is 0 Å². The molecule has 3 rings (SSSR count). The minimum atomic E-state index is 0.00426. The zero-order valence-corrected chi connectivity index (χ0v) is 18.0. The van der Waals surface area contributed by atoms with Crippen molar-refractivity contribution in [3.8, 4) is 0 Å². The quantitative estimate of drug-likeness (QED) is 0.719. The summed E-state index contributed by atoms with van der Waals surface area (Å²) in [5, 5.41) is 6.77. The summed E-state index contributed by atoms with van der Waals surface area (Å²) in [6.45, 7) is 7.23. The van der Waals surface area contributed by atoms with Crippen LogP contribution in [0.5, 0.6) is 0 Å². The van der Waals surface area contributed by atoms with Crippen LogP contribution in [-0.2, 0) is 4.79 Å². The van der Waals surface area contributed by atoms with Crippen LogP contribution in [0.2, 0.25) is 0 Å². The van der Waals surface area contributed by atoms with Crippen molar-refractivity contribution in [3.05, 3.63) is 22.4 Å². The maximum Gasteiger partial charge on any atom is 0.252 e. The highest BCUT2D eigenvalue weighted by Crippen LogP contribution is 2.33. The molecule has 1 N–H and O–H groups in total. The van der Waals surface area contributed by atoms with Gasteiger partial charge in [-0.1, -0.05) is 26.2 Å². The molecular weight excluding hydrogens is 370 g/mol. The molecule has 1 saturated carbocycles. The normalized spacial score (nSPS) is 23.5. The summed E-state index contributed by atoms with van der Waals surface area (Å²) in [7, 11) is 0. The number of unbranched alkanes of at least 4 members (excludes halogenated alkanes) is 1. The fraction of sp³-hybridized carbons (Fsp3) is 0.727. The summed E-state index contributed by atoms with van der Waals surface area (Å²) in [6.07, 6.45) is 8.60. The number of amides is 2. The molecule has 2 fully saturated rings. The van der Waals surface area contributed by atoms with Gasteiger partial charge >= 0.3 is 0 Å². The Labute approximate surface area is 173 Å². The Morgan fingerprint density at radius 2 is 1.89 bits per heavy atom. The monoisotopic (exact) mass is 405 g/mol. The van der Waals surface area contributed by atoms with Crippen molar-refractivity contribution >= 4 is 23.2 Å². The molecular formula is C22H35N3O2S. The number of carbonyl (C=O) groups is 2. The zero-order valence-electron chi connectivity index (χ0n) is 17.2. The SMILES string of the molecule is CCCCC1CCC(C(=O)N2CCN(CCNC(=O)c3ccsc3)CC2)CC1. The van der Waals surface area contributed by atoms with Crippen LogP contribution in [0.25, 0.3) is 0 Å². The molecule has 0 unspecified atom stereocenters. The Hall–Kier alpha value is -1.40. The molecule has 6 heteroatoms. The highest BCUT2D eigenvalue weighted by molar-refractivity contribution is 7.08. The van der Waals surface area contributed by atoms with Crippen LogP contribution in [0.4, 0.5) is 0 Å². The first-order valence-corrected chi connectivity index (χ1v) is 11.9. The van der Waals surface area contributed by atoms with Crippen molar-refractivity contribution in [1.82, 2.24) is 15.1 Å². The third-order valence-corrected chi connectivity index (χ3v) is 7.03. The van der Waals surface area contributed by atoms with E-state index in [1.807, 2.05) is 16.8 Å². The topological polar surface area (TPSA) is 52.7 Å². The number of piperazine rings is 1. The second kappa shape index (κ2) is 11.0. The molecule has 0 atom stereocenters. The lowest BCUT2D eigenvalue weighted by atomic mass is 9.79. The molecule has 156 valence electrons. The summed E-state index contributed by atoms with van der Waals surface area (Å²) < 4.78 is 0. The minimum Gasteiger partial charge on any atom is -0.351 e. The summed E-state index contributed by atoms with van der Waals surface area (Å²) in [5.74, 6) is 1.50. The van der Waals surface area contributed by atoms with Crippen molar-refractivity contribution in [1.29, 1.82) is 0 Å². The van der Waals surface area contributed by atoms with Gasteiger partial charge in [0.15, 0.2) is 0 Å². The molecule has 1 aromatic rings. The molecule has 2 aliphatic rings. The highest BCUT2D eigenvalue weighted by Gasteiger charge is 2.30. The summed E-state index contributed by atoms with van der Waals surface area (Å²) in [5.41, 5.74) is 0.741. The minimum absolute atomic E-state index is 0.00426. The average molecular weight is 406 g/mol. The Kier molecular flexibility index (Phi) is 8.34. The van der Waals surface area contributed by atoms with E-state index in [1.165, 1.54) is 43.4 Å². The number of carbonyl (C=O) groups excluding carboxylic acids is 2. The molecule has 0 bridgehead atoms. The molecule has 0 radical (unpaired) electrons. The summed E-state index contributed by atoms with van der Waals surface area (Å²) in [4.78, 5) is 29.3. The Bertz CT molecular complexity index is 603. The first kappa shape index (κ1) is 21.3. The van der Waals surface area contributed by atoms with Crippen LogP contribution in [0.15, 0.2) is 16.8 Å². The zero-order chi connectivity index (χ0) is 19.8. The van der Waals surface area contributed by atoms with Gasteiger partial charge in [-0.15, -0.1) is 0 Å². The van der Waals surface area contributed by atoms with E-state index in [-0.39, 0.29) is 11.8 Å². The van der Waals surface area contributed by atoms with Gasteiger partial charge in [-0.2, -0.15) is 11.3 Å². The van der Waals surface area contributed by atoms with Crippen molar-refractivity contribution in [2.75, 3.05) is 39.3 Å². The molecule has 1 aliphatic heterocycles. The van der Waals surface area contributed by atoms with E-state index >= 15 is 0 Å². The van der Waals surface area contributed by atoms with Crippen molar-refractivity contribution in [3.63, 3.8) is 0 Å². The van der Waals surface area contributed by atoms with Crippen molar-refractivity contribution < 1.29 is 9.59 Å². The molecule has 1 saturated heterocycles. The first-order chi connectivity index (χ1) is 13.7. The van der Waals surface area contributed by atoms with Gasteiger partial charge in [0, 0.05) is 56.1 Å².